The maximum Gasteiger partial charge on any atom is 0.0737 e. The molecular formula is C67H52N2. The second-order valence-electron chi connectivity index (χ2n) is 19.6. The molecule has 0 saturated heterocycles. The fourth-order valence-electron chi connectivity index (χ4n) is 12.1. The Bertz CT molecular complexity index is 3730. The molecule has 0 radical (unpaired) electrons. The van der Waals surface area contributed by atoms with Crippen molar-refractivity contribution < 1.29 is 0 Å². The third-order valence-corrected chi connectivity index (χ3v) is 15.2. The Kier molecular flexibility index (Phi) is 9.49. The fourth-order valence-corrected chi connectivity index (χ4v) is 12.1. The summed E-state index contributed by atoms with van der Waals surface area (Å²) in [6, 6.07) is 86.8. The van der Waals surface area contributed by atoms with E-state index < -0.39 is 5.41 Å². The van der Waals surface area contributed by atoms with Gasteiger partial charge in [0, 0.05) is 33.8 Å². The van der Waals surface area contributed by atoms with Gasteiger partial charge in [-0.1, -0.05) is 191 Å². The van der Waals surface area contributed by atoms with Crippen LogP contribution in [0.3, 0.4) is 0 Å². The third-order valence-electron chi connectivity index (χ3n) is 15.2. The largest absolute Gasteiger partial charge is 0.310 e. The molecule has 0 bridgehead atoms. The minimum absolute atomic E-state index is 0.437. The van der Waals surface area contributed by atoms with E-state index in [0.717, 1.165) is 34.1 Å². The Morgan fingerprint density at radius 3 is 1.32 bits per heavy atom. The van der Waals surface area contributed by atoms with Gasteiger partial charge >= 0.3 is 0 Å². The molecule has 0 saturated carbocycles. The summed E-state index contributed by atoms with van der Waals surface area (Å²) in [5.41, 5.74) is 19.5. The van der Waals surface area contributed by atoms with Gasteiger partial charge in [0.25, 0.3) is 0 Å². The van der Waals surface area contributed by atoms with Crippen molar-refractivity contribution in [2.75, 3.05) is 9.80 Å². The highest BCUT2D eigenvalue weighted by molar-refractivity contribution is 6.23. The molecule has 0 N–H and O–H groups in total. The first-order valence-corrected chi connectivity index (χ1v) is 24.6. The lowest BCUT2D eigenvalue weighted by Gasteiger charge is -2.34. The highest BCUT2D eigenvalue weighted by Gasteiger charge is 2.54. The van der Waals surface area contributed by atoms with Crippen LogP contribution in [-0.4, -0.2) is 0 Å². The molecule has 2 nitrogen and oxygen atoms in total. The van der Waals surface area contributed by atoms with Crippen LogP contribution in [0.5, 0.6) is 0 Å². The van der Waals surface area contributed by atoms with Gasteiger partial charge < -0.3 is 9.80 Å². The molecule has 69 heavy (non-hydrogen) atoms. The second kappa shape index (κ2) is 16.0. The smallest absolute Gasteiger partial charge is 0.0737 e. The number of benzene rings is 11. The summed E-state index contributed by atoms with van der Waals surface area (Å²) < 4.78 is 0. The summed E-state index contributed by atoms with van der Waals surface area (Å²) in [5, 5.41) is 7.52. The second-order valence-corrected chi connectivity index (χ2v) is 19.6. The van der Waals surface area contributed by atoms with Crippen LogP contribution >= 0.6 is 0 Å². The van der Waals surface area contributed by atoms with E-state index in [-0.39, 0.29) is 0 Å². The molecule has 2 aliphatic carbocycles. The van der Waals surface area contributed by atoms with E-state index in [9.17, 15) is 0 Å². The Labute approximate surface area is 405 Å². The van der Waals surface area contributed by atoms with Gasteiger partial charge in [-0.05, 0) is 161 Å². The zero-order chi connectivity index (χ0) is 46.4. The minimum Gasteiger partial charge on any atom is -0.310 e. The van der Waals surface area contributed by atoms with E-state index in [1.807, 2.05) is 0 Å². The summed E-state index contributed by atoms with van der Waals surface area (Å²) in [7, 11) is 0. The van der Waals surface area contributed by atoms with Gasteiger partial charge in [0.1, 0.15) is 0 Å². The third kappa shape index (κ3) is 6.11. The molecule has 330 valence electrons. The Hall–Kier alpha value is -8.20. The van der Waals surface area contributed by atoms with Gasteiger partial charge in [-0.2, -0.15) is 0 Å². The van der Waals surface area contributed by atoms with Gasteiger partial charge in [0.05, 0.1) is 11.1 Å². The van der Waals surface area contributed by atoms with Crippen molar-refractivity contribution >= 4 is 66.4 Å². The first kappa shape index (κ1) is 41.0. The highest BCUT2D eigenvalue weighted by Crippen LogP contribution is 2.67. The van der Waals surface area contributed by atoms with Crippen LogP contribution in [-0.2, 0) is 5.41 Å². The molecule has 0 atom stereocenters. The molecule has 0 aromatic heterocycles. The van der Waals surface area contributed by atoms with Crippen molar-refractivity contribution in [1.29, 1.82) is 0 Å². The van der Waals surface area contributed by atoms with Gasteiger partial charge in [-0.15, -0.1) is 0 Å². The molecule has 0 aliphatic heterocycles. The van der Waals surface area contributed by atoms with Gasteiger partial charge in [-0.3, -0.25) is 0 Å². The van der Waals surface area contributed by atoms with Crippen LogP contribution in [0.25, 0.3) is 54.6 Å². The van der Waals surface area contributed by atoms with E-state index in [4.69, 9.17) is 0 Å². The highest BCUT2D eigenvalue weighted by atomic mass is 15.1. The van der Waals surface area contributed by atoms with E-state index in [0.29, 0.717) is 11.8 Å². The molecule has 0 fully saturated rings. The van der Waals surface area contributed by atoms with Gasteiger partial charge in [0.2, 0.25) is 0 Å². The van der Waals surface area contributed by atoms with Crippen LogP contribution in [0.4, 0.5) is 34.1 Å². The molecule has 2 heteroatoms. The summed E-state index contributed by atoms with van der Waals surface area (Å²) in [4.78, 5) is 4.90. The predicted molar refractivity (Wildman–Crippen MR) is 293 cm³/mol. The topological polar surface area (TPSA) is 6.48 Å². The molecule has 0 amide bonds. The first-order valence-electron chi connectivity index (χ1n) is 24.6. The van der Waals surface area contributed by atoms with Crippen molar-refractivity contribution in [1.82, 2.24) is 0 Å². The van der Waals surface area contributed by atoms with Gasteiger partial charge in [0.15, 0.2) is 0 Å². The van der Waals surface area contributed by atoms with Gasteiger partial charge in [-0.25, -0.2) is 0 Å². The Balaban J connectivity index is 1.17. The van der Waals surface area contributed by atoms with E-state index in [2.05, 4.69) is 268 Å². The molecule has 13 rings (SSSR count). The average Bonchev–Trinajstić information content (AvgIpc) is 3.87. The standard InChI is InChI=1S/C67H52N2/c1-43(2)45-31-35-49(36-32-45)68(47-19-7-5-8-20-47)51-39-40-58-59(41-51)52-23-11-13-27-56(52)64-60-42-63(69(48-21-9-6-10-22-48)50-37-33-46(34-38-50)44(3)4)55-26-12-14-28-57(55)65(60)67(66(58)64)61-29-17-15-24-53(61)54-25-16-18-30-62(54)67/h5-44H,1-4H3. The van der Waals surface area contributed by atoms with Crippen molar-refractivity contribution in [3.05, 3.63) is 264 Å². The minimum atomic E-state index is -0.609. The van der Waals surface area contributed by atoms with Crippen LogP contribution in [0.2, 0.25) is 0 Å². The molecule has 11 aromatic carbocycles. The summed E-state index contributed by atoms with van der Waals surface area (Å²) in [5.74, 6) is 0.887. The van der Waals surface area contributed by atoms with Crippen molar-refractivity contribution in [2.24, 2.45) is 0 Å². The SMILES string of the molecule is CC(C)c1ccc(N(c2ccccc2)c2ccc3c4c(c5ccccc5c3c2)-c2cc(N(c3ccccc3)c3ccc(C(C)C)cc3)c3ccccc3c2C42c3ccccc3-c3ccccc32)cc1. The van der Waals surface area contributed by atoms with E-state index in [1.165, 1.54) is 88.0 Å². The molecule has 0 unspecified atom stereocenters. The molecule has 0 heterocycles. The lowest BCUT2D eigenvalue weighted by atomic mass is 9.68. The van der Waals surface area contributed by atoms with Crippen LogP contribution in [0.1, 0.15) is 72.9 Å². The predicted octanol–water partition coefficient (Wildman–Crippen LogP) is 18.7. The summed E-state index contributed by atoms with van der Waals surface area (Å²) in [6.45, 7) is 9.06. The Morgan fingerprint density at radius 2 is 0.739 bits per heavy atom. The maximum absolute atomic E-state index is 2.54. The van der Waals surface area contributed by atoms with Crippen LogP contribution in [0.15, 0.2) is 231 Å². The number of nitrogens with zero attached hydrogens (tertiary/aromatic N) is 2. The number of rotatable bonds is 8. The zero-order valence-corrected chi connectivity index (χ0v) is 39.5. The monoisotopic (exact) mass is 884 g/mol. The average molecular weight is 885 g/mol. The van der Waals surface area contributed by atoms with E-state index >= 15 is 0 Å². The summed E-state index contributed by atoms with van der Waals surface area (Å²) in [6.07, 6.45) is 0. The lowest BCUT2D eigenvalue weighted by molar-refractivity contribution is 0.809. The quantitative estimate of drug-likeness (QED) is 0.140. The van der Waals surface area contributed by atoms with Crippen LogP contribution < -0.4 is 9.80 Å². The molecular weight excluding hydrogens is 833 g/mol. The molecule has 2 aliphatic rings. The molecule has 1 spiro atoms. The Morgan fingerprint density at radius 1 is 0.304 bits per heavy atom. The number of fused-ring (bicyclic) bond motifs is 17. The number of hydrogen-bond acceptors (Lipinski definition) is 2. The summed E-state index contributed by atoms with van der Waals surface area (Å²) >= 11 is 0. The number of hydrogen-bond donors (Lipinski definition) is 0. The van der Waals surface area contributed by atoms with Crippen molar-refractivity contribution in [3.8, 4) is 22.3 Å². The zero-order valence-electron chi connectivity index (χ0n) is 39.5. The van der Waals surface area contributed by atoms with Crippen LogP contribution in [0, 0.1) is 0 Å². The van der Waals surface area contributed by atoms with Crippen molar-refractivity contribution in [2.45, 2.75) is 44.9 Å². The lowest BCUT2D eigenvalue weighted by Crippen LogP contribution is -2.26. The normalized spacial score (nSPS) is 13.0. The maximum atomic E-state index is 2.54. The number of para-hydroxylation sites is 2. The number of anilines is 6. The fraction of sp³-hybridized carbons (Fsp3) is 0.104. The van der Waals surface area contributed by atoms with Crippen molar-refractivity contribution in [3.63, 3.8) is 0 Å². The first-order chi connectivity index (χ1) is 33.9. The molecule has 11 aromatic rings. The van der Waals surface area contributed by atoms with E-state index in [1.54, 1.807) is 0 Å².